The Morgan fingerprint density at radius 1 is 0.923 bits per heavy atom. The lowest BCUT2D eigenvalue weighted by molar-refractivity contribution is -0.0364. The summed E-state index contributed by atoms with van der Waals surface area (Å²) in [6.07, 6.45) is 7.37. The van der Waals surface area contributed by atoms with Gasteiger partial charge in [-0.3, -0.25) is 14.3 Å². The summed E-state index contributed by atoms with van der Waals surface area (Å²) < 4.78 is 17.9. The molecule has 0 spiro atoms. The molecule has 200 valence electrons. The number of aromatic nitrogens is 6. The monoisotopic (exact) mass is 529 g/mol. The number of fused-ring (bicyclic) bond motifs is 1. The largest absolute Gasteiger partial charge is 0.392 e. The van der Waals surface area contributed by atoms with Crippen LogP contribution in [0.1, 0.15) is 24.0 Å². The molecule has 1 fully saturated rings. The van der Waals surface area contributed by atoms with Crippen LogP contribution in [-0.2, 0) is 19.7 Å². The van der Waals surface area contributed by atoms with Gasteiger partial charge in [-0.1, -0.05) is 12.1 Å². The zero-order valence-electron chi connectivity index (χ0n) is 21.2. The summed E-state index contributed by atoms with van der Waals surface area (Å²) in [5, 5.41) is 29.5. The second-order valence-electron chi connectivity index (χ2n) is 10.1. The maximum atomic E-state index is 13.3. The Morgan fingerprint density at radius 3 is 2.33 bits per heavy atom. The van der Waals surface area contributed by atoms with Gasteiger partial charge in [0.15, 0.2) is 5.65 Å². The first kappa shape index (κ1) is 25.1. The first-order valence-electron chi connectivity index (χ1n) is 12.8. The number of likely N-dealkylation sites (tertiary alicyclic amines) is 1. The van der Waals surface area contributed by atoms with E-state index in [0.717, 1.165) is 22.5 Å². The molecule has 4 heterocycles. The van der Waals surface area contributed by atoms with Crippen LogP contribution in [0.15, 0.2) is 78.2 Å². The van der Waals surface area contributed by atoms with Gasteiger partial charge in [-0.15, -0.1) is 0 Å². The molecule has 0 bridgehead atoms. The van der Waals surface area contributed by atoms with Gasteiger partial charge in [0.1, 0.15) is 17.5 Å². The number of hydrogen-bond donors (Lipinski definition) is 2. The van der Waals surface area contributed by atoms with Gasteiger partial charge >= 0.3 is 0 Å². The minimum absolute atomic E-state index is 0.0755. The fourth-order valence-corrected chi connectivity index (χ4v) is 5.03. The van der Waals surface area contributed by atoms with Crippen LogP contribution < -0.4 is 5.56 Å². The van der Waals surface area contributed by atoms with Crippen molar-refractivity contribution in [3.63, 3.8) is 0 Å². The Morgan fingerprint density at radius 2 is 1.64 bits per heavy atom. The molecule has 0 radical (unpaired) electrons. The molecule has 5 aromatic rings. The molecule has 2 aromatic carbocycles. The fraction of sp³-hybridized carbons (Fsp3) is 0.286. The van der Waals surface area contributed by atoms with E-state index in [9.17, 15) is 19.4 Å². The first-order valence-corrected chi connectivity index (χ1v) is 12.8. The summed E-state index contributed by atoms with van der Waals surface area (Å²) in [5.74, 6) is -0.255. The van der Waals surface area contributed by atoms with Crippen LogP contribution in [0, 0.1) is 5.82 Å². The van der Waals surface area contributed by atoms with E-state index >= 15 is 0 Å². The third-order valence-electron chi connectivity index (χ3n) is 7.30. The number of benzene rings is 2. The van der Waals surface area contributed by atoms with Crippen molar-refractivity contribution in [2.24, 2.45) is 0 Å². The molecule has 39 heavy (non-hydrogen) atoms. The van der Waals surface area contributed by atoms with E-state index in [1.54, 1.807) is 33.9 Å². The molecule has 0 aliphatic carbocycles. The van der Waals surface area contributed by atoms with E-state index in [0.29, 0.717) is 43.5 Å². The highest BCUT2D eigenvalue weighted by atomic mass is 19.1. The molecule has 1 aliphatic heterocycles. The second-order valence-corrected chi connectivity index (χ2v) is 10.1. The number of piperidine rings is 1. The summed E-state index contributed by atoms with van der Waals surface area (Å²) in [7, 11) is 0. The third kappa shape index (κ3) is 5.11. The summed E-state index contributed by atoms with van der Waals surface area (Å²) in [4.78, 5) is 20.0. The van der Waals surface area contributed by atoms with Crippen molar-refractivity contribution in [1.29, 1.82) is 0 Å². The molecule has 1 saturated heterocycles. The maximum Gasteiger partial charge on any atom is 0.264 e. The van der Waals surface area contributed by atoms with Gasteiger partial charge in [-0.2, -0.15) is 10.2 Å². The number of rotatable bonds is 7. The number of aliphatic hydroxyl groups excluding tert-OH is 1. The summed E-state index contributed by atoms with van der Waals surface area (Å²) >= 11 is 0. The summed E-state index contributed by atoms with van der Waals surface area (Å²) in [6, 6.07) is 13.9. The van der Waals surface area contributed by atoms with Crippen molar-refractivity contribution in [3.8, 4) is 11.4 Å². The maximum absolute atomic E-state index is 13.3. The van der Waals surface area contributed by atoms with Crippen molar-refractivity contribution in [1.82, 2.24) is 34.0 Å². The van der Waals surface area contributed by atoms with Crippen molar-refractivity contribution in [3.05, 3.63) is 101 Å². The molecular formula is C28H28FN7O3. The predicted molar refractivity (Wildman–Crippen MR) is 142 cm³/mol. The van der Waals surface area contributed by atoms with Crippen LogP contribution in [0.3, 0.4) is 0 Å². The normalized spacial score (nSPS) is 15.7. The zero-order valence-corrected chi connectivity index (χ0v) is 21.2. The second kappa shape index (κ2) is 10.2. The van der Waals surface area contributed by atoms with Gasteiger partial charge in [0.25, 0.3) is 5.56 Å². The number of aliphatic hydroxyl groups is 2. The molecule has 10 nitrogen and oxygen atoms in total. The molecule has 1 aliphatic rings. The van der Waals surface area contributed by atoms with Crippen LogP contribution in [0.2, 0.25) is 0 Å². The van der Waals surface area contributed by atoms with E-state index < -0.39 is 5.60 Å². The van der Waals surface area contributed by atoms with Crippen molar-refractivity contribution < 1.29 is 14.6 Å². The van der Waals surface area contributed by atoms with Crippen molar-refractivity contribution in [2.45, 2.75) is 38.1 Å². The highest BCUT2D eigenvalue weighted by Gasteiger charge is 2.33. The molecule has 0 atom stereocenters. The highest BCUT2D eigenvalue weighted by molar-refractivity contribution is 5.75. The molecule has 2 N–H and O–H groups in total. The standard InChI is InChI=1S/C28H28FN7O3/c29-22-3-1-20(2-4-22)15-33-11-9-28(39,10-12-33)18-34-19-30-26-25(27(34)38)14-32-36(26)24-7-5-23(6-8-24)35-16-21(17-37)13-31-35/h1-8,13-14,16,19,37,39H,9-12,15,17-18H2. The quantitative estimate of drug-likeness (QED) is 0.333. The molecule has 6 rings (SSSR count). The molecule has 0 amide bonds. The molecule has 0 saturated carbocycles. The van der Waals surface area contributed by atoms with Gasteiger partial charge in [0.2, 0.25) is 0 Å². The predicted octanol–water partition coefficient (Wildman–Crippen LogP) is 2.43. The van der Waals surface area contributed by atoms with E-state index in [4.69, 9.17) is 0 Å². The van der Waals surface area contributed by atoms with Crippen LogP contribution >= 0.6 is 0 Å². The van der Waals surface area contributed by atoms with Gasteiger partial charge in [0, 0.05) is 31.4 Å². The number of hydrogen-bond acceptors (Lipinski definition) is 7. The van der Waals surface area contributed by atoms with E-state index in [-0.39, 0.29) is 24.5 Å². The lowest BCUT2D eigenvalue weighted by Gasteiger charge is -2.38. The average molecular weight is 530 g/mol. The van der Waals surface area contributed by atoms with Gasteiger partial charge in [-0.05, 0) is 54.8 Å². The Hall–Kier alpha value is -4.19. The third-order valence-corrected chi connectivity index (χ3v) is 7.30. The van der Waals surface area contributed by atoms with E-state index in [2.05, 4.69) is 20.1 Å². The Balaban J connectivity index is 1.16. The smallest absolute Gasteiger partial charge is 0.264 e. The Kier molecular flexibility index (Phi) is 6.55. The lowest BCUT2D eigenvalue weighted by Crippen LogP contribution is -2.47. The summed E-state index contributed by atoms with van der Waals surface area (Å²) in [5.41, 5.74) is 2.47. The Labute approximate surface area is 223 Å². The van der Waals surface area contributed by atoms with Crippen molar-refractivity contribution in [2.75, 3.05) is 13.1 Å². The highest BCUT2D eigenvalue weighted by Crippen LogP contribution is 2.25. The minimum Gasteiger partial charge on any atom is -0.392 e. The van der Waals surface area contributed by atoms with Gasteiger partial charge in [0.05, 0.1) is 42.5 Å². The topological polar surface area (TPSA) is 114 Å². The molecule has 11 heteroatoms. The number of nitrogens with zero attached hydrogens (tertiary/aromatic N) is 7. The lowest BCUT2D eigenvalue weighted by atomic mass is 9.91. The van der Waals surface area contributed by atoms with Gasteiger partial charge < -0.3 is 10.2 Å². The van der Waals surface area contributed by atoms with Gasteiger partial charge in [-0.25, -0.2) is 18.7 Å². The summed E-state index contributed by atoms with van der Waals surface area (Å²) in [6.45, 7) is 2.11. The fourth-order valence-electron chi connectivity index (χ4n) is 5.03. The minimum atomic E-state index is -1.02. The van der Waals surface area contributed by atoms with Crippen LogP contribution in [0.5, 0.6) is 0 Å². The molecular weight excluding hydrogens is 501 g/mol. The SMILES string of the molecule is O=c1c2cnn(-c3ccc(-n4cc(CO)cn4)cc3)c2ncn1CC1(O)CCN(Cc2ccc(F)cc2)CC1. The van der Waals surface area contributed by atoms with Crippen molar-refractivity contribution >= 4 is 11.0 Å². The van der Waals surface area contributed by atoms with Crippen LogP contribution in [0.25, 0.3) is 22.4 Å². The molecule has 3 aromatic heterocycles. The average Bonchev–Trinajstić information content (AvgIpc) is 3.61. The van der Waals surface area contributed by atoms with E-state index in [1.165, 1.54) is 29.2 Å². The zero-order chi connectivity index (χ0) is 27.0. The Bertz CT molecular complexity index is 1650. The molecule has 0 unspecified atom stereocenters. The van der Waals surface area contributed by atoms with Crippen LogP contribution in [-0.4, -0.2) is 62.9 Å². The number of halogens is 1. The van der Waals surface area contributed by atoms with Crippen LogP contribution in [0.4, 0.5) is 4.39 Å². The first-order chi connectivity index (χ1) is 18.9. The van der Waals surface area contributed by atoms with E-state index in [1.807, 2.05) is 24.3 Å².